The Labute approximate surface area is 133 Å². The molecule has 1 unspecified atom stereocenters. The maximum Gasteiger partial charge on any atom is 0.252 e. The summed E-state index contributed by atoms with van der Waals surface area (Å²) in [6, 6.07) is 8.46. The highest BCUT2D eigenvalue weighted by Gasteiger charge is 2.40. The van der Waals surface area contributed by atoms with E-state index in [4.69, 9.17) is 4.74 Å². The van der Waals surface area contributed by atoms with Gasteiger partial charge >= 0.3 is 0 Å². The number of carbonyl (C=O) groups is 1. The normalized spacial score (nSPS) is 19.0. The molecule has 1 fully saturated rings. The number of methoxy groups -OCH3 is 1. The molecule has 1 aromatic carbocycles. The Hall–Kier alpha value is -1.39. The minimum atomic E-state index is -0.683. The molecule has 0 saturated carbocycles. The second-order valence-electron chi connectivity index (χ2n) is 6.46. The van der Waals surface area contributed by atoms with E-state index in [-0.39, 0.29) is 11.9 Å². The lowest BCUT2D eigenvalue weighted by molar-refractivity contribution is -0.147. The summed E-state index contributed by atoms with van der Waals surface area (Å²) in [4.78, 5) is 12.6. The Bertz CT molecular complexity index is 490. The van der Waals surface area contributed by atoms with Crippen LogP contribution in [0.5, 0.6) is 0 Å². The molecule has 2 rings (SSSR count). The van der Waals surface area contributed by atoms with Gasteiger partial charge in [0.1, 0.15) is 5.60 Å². The number of benzene rings is 1. The van der Waals surface area contributed by atoms with E-state index in [2.05, 4.69) is 48.7 Å². The molecule has 0 radical (unpaired) electrons. The van der Waals surface area contributed by atoms with E-state index < -0.39 is 5.60 Å². The summed E-state index contributed by atoms with van der Waals surface area (Å²) in [7, 11) is 1.63. The third-order valence-electron chi connectivity index (χ3n) is 4.67. The fraction of sp³-hybridized carbons (Fsp3) is 0.611. The lowest BCUT2D eigenvalue weighted by Crippen LogP contribution is -2.54. The molecule has 0 spiro atoms. The van der Waals surface area contributed by atoms with Gasteiger partial charge in [-0.1, -0.05) is 38.1 Å². The third kappa shape index (κ3) is 3.68. The molecule has 0 aromatic heterocycles. The van der Waals surface area contributed by atoms with Gasteiger partial charge in [-0.25, -0.2) is 0 Å². The SMILES string of the molecule is COC1(C(=O)NC(C)c2ccc(C(C)C)cc2)CCNCC1. The predicted molar refractivity (Wildman–Crippen MR) is 88.9 cm³/mol. The number of hydrogen-bond donors (Lipinski definition) is 2. The Morgan fingerprint density at radius 3 is 2.18 bits per heavy atom. The van der Waals surface area contributed by atoms with Crippen LogP contribution in [-0.4, -0.2) is 31.7 Å². The Balaban J connectivity index is 2.03. The van der Waals surface area contributed by atoms with Crippen molar-refractivity contribution in [1.82, 2.24) is 10.6 Å². The summed E-state index contributed by atoms with van der Waals surface area (Å²) in [5.41, 5.74) is 1.75. The van der Waals surface area contributed by atoms with Crippen molar-refractivity contribution < 1.29 is 9.53 Å². The van der Waals surface area contributed by atoms with Crippen LogP contribution in [-0.2, 0) is 9.53 Å². The molecule has 22 heavy (non-hydrogen) atoms. The highest BCUT2D eigenvalue weighted by Crippen LogP contribution is 2.25. The van der Waals surface area contributed by atoms with Crippen molar-refractivity contribution in [3.8, 4) is 0 Å². The summed E-state index contributed by atoms with van der Waals surface area (Å²) in [6.45, 7) is 8.02. The van der Waals surface area contributed by atoms with Crippen molar-refractivity contribution in [2.24, 2.45) is 0 Å². The van der Waals surface area contributed by atoms with E-state index in [1.165, 1.54) is 5.56 Å². The topological polar surface area (TPSA) is 50.4 Å². The van der Waals surface area contributed by atoms with E-state index >= 15 is 0 Å². The van der Waals surface area contributed by atoms with Gasteiger partial charge in [0.2, 0.25) is 0 Å². The molecule has 0 aliphatic carbocycles. The molecule has 1 atom stereocenters. The number of hydrogen-bond acceptors (Lipinski definition) is 3. The van der Waals surface area contributed by atoms with E-state index in [1.807, 2.05) is 6.92 Å². The Morgan fingerprint density at radius 2 is 1.68 bits per heavy atom. The predicted octanol–water partition coefficient (Wildman–Crippen LogP) is 2.76. The smallest absolute Gasteiger partial charge is 0.252 e. The maximum atomic E-state index is 12.6. The summed E-state index contributed by atoms with van der Waals surface area (Å²) >= 11 is 0. The Kier molecular flexibility index (Phi) is 5.59. The first-order valence-electron chi connectivity index (χ1n) is 8.15. The number of nitrogens with one attached hydrogen (secondary N) is 2. The maximum absolute atomic E-state index is 12.6. The first-order chi connectivity index (χ1) is 10.5. The summed E-state index contributed by atoms with van der Waals surface area (Å²) in [5, 5.41) is 6.39. The van der Waals surface area contributed by atoms with Crippen molar-refractivity contribution in [1.29, 1.82) is 0 Å². The van der Waals surface area contributed by atoms with E-state index in [1.54, 1.807) is 7.11 Å². The average molecular weight is 304 g/mol. The van der Waals surface area contributed by atoms with Gasteiger partial charge in [0.25, 0.3) is 5.91 Å². The molecule has 1 aliphatic rings. The van der Waals surface area contributed by atoms with Crippen LogP contribution in [0.3, 0.4) is 0 Å². The minimum absolute atomic E-state index is 0.00284. The number of ether oxygens (including phenoxy) is 1. The fourth-order valence-corrected chi connectivity index (χ4v) is 2.94. The van der Waals surface area contributed by atoms with E-state index in [0.717, 1.165) is 18.7 Å². The monoisotopic (exact) mass is 304 g/mol. The molecule has 1 saturated heterocycles. The molecular weight excluding hydrogens is 276 g/mol. The van der Waals surface area contributed by atoms with Gasteiger partial charge in [0.05, 0.1) is 6.04 Å². The second-order valence-corrected chi connectivity index (χ2v) is 6.46. The summed E-state index contributed by atoms with van der Waals surface area (Å²) < 4.78 is 5.58. The van der Waals surface area contributed by atoms with Crippen molar-refractivity contribution in [3.63, 3.8) is 0 Å². The van der Waals surface area contributed by atoms with Crippen LogP contribution in [0.25, 0.3) is 0 Å². The lowest BCUT2D eigenvalue weighted by Gasteiger charge is -2.35. The average Bonchev–Trinajstić information content (AvgIpc) is 2.55. The molecule has 122 valence electrons. The number of carbonyl (C=O) groups excluding carboxylic acids is 1. The van der Waals surface area contributed by atoms with Crippen LogP contribution in [0.1, 0.15) is 56.7 Å². The number of rotatable bonds is 5. The van der Waals surface area contributed by atoms with E-state index in [9.17, 15) is 4.79 Å². The van der Waals surface area contributed by atoms with Crippen molar-refractivity contribution in [3.05, 3.63) is 35.4 Å². The highest BCUT2D eigenvalue weighted by atomic mass is 16.5. The molecule has 2 N–H and O–H groups in total. The zero-order valence-electron chi connectivity index (χ0n) is 14.1. The van der Waals surface area contributed by atoms with Gasteiger partial charge < -0.3 is 15.4 Å². The molecule has 1 amide bonds. The molecular formula is C18H28N2O2. The quantitative estimate of drug-likeness (QED) is 0.879. The van der Waals surface area contributed by atoms with Crippen LogP contribution in [0, 0.1) is 0 Å². The largest absolute Gasteiger partial charge is 0.368 e. The highest BCUT2D eigenvalue weighted by molar-refractivity contribution is 5.85. The van der Waals surface area contributed by atoms with Gasteiger partial charge in [-0.05, 0) is 49.9 Å². The van der Waals surface area contributed by atoms with Gasteiger partial charge in [-0.2, -0.15) is 0 Å². The van der Waals surface area contributed by atoms with Crippen molar-refractivity contribution >= 4 is 5.91 Å². The van der Waals surface area contributed by atoms with Gasteiger partial charge in [-0.3, -0.25) is 4.79 Å². The zero-order valence-corrected chi connectivity index (χ0v) is 14.1. The van der Waals surface area contributed by atoms with Crippen molar-refractivity contribution in [2.45, 2.75) is 51.2 Å². The number of piperidine rings is 1. The standard InChI is InChI=1S/C18H28N2O2/c1-13(2)15-5-7-16(8-6-15)14(3)20-17(21)18(22-4)9-11-19-12-10-18/h5-8,13-14,19H,9-12H2,1-4H3,(H,20,21). The molecule has 1 heterocycles. The van der Waals surface area contributed by atoms with Gasteiger partial charge in [0, 0.05) is 7.11 Å². The summed E-state index contributed by atoms with van der Waals surface area (Å²) in [5.74, 6) is 0.516. The molecule has 4 nitrogen and oxygen atoms in total. The summed E-state index contributed by atoms with van der Waals surface area (Å²) in [6.07, 6.45) is 1.43. The first kappa shape index (κ1) is 17.0. The minimum Gasteiger partial charge on any atom is -0.368 e. The second kappa shape index (κ2) is 7.25. The third-order valence-corrected chi connectivity index (χ3v) is 4.67. The molecule has 1 aromatic rings. The van der Waals surface area contributed by atoms with E-state index in [0.29, 0.717) is 18.8 Å². The fourth-order valence-electron chi connectivity index (χ4n) is 2.94. The first-order valence-corrected chi connectivity index (χ1v) is 8.15. The Morgan fingerprint density at radius 1 is 1.14 bits per heavy atom. The van der Waals surface area contributed by atoms with Crippen LogP contribution < -0.4 is 10.6 Å². The molecule has 1 aliphatic heterocycles. The van der Waals surface area contributed by atoms with Gasteiger partial charge in [-0.15, -0.1) is 0 Å². The van der Waals surface area contributed by atoms with Gasteiger partial charge in [0.15, 0.2) is 0 Å². The lowest BCUT2D eigenvalue weighted by atomic mass is 9.90. The molecule has 4 heteroatoms. The zero-order chi connectivity index (χ0) is 16.2. The number of amides is 1. The van der Waals surface area contributed by atoms with Crippen LogP contribution in [0.2, 0.25) is 0 Å². The van der Waals surface area contributed by atoms with Crippen molar-refractivity contribution in [2.75, 3.05) is 20.2 Å². The van der Waals surface area contributed by atoms with Crippen LogP contribution in [0.15, 0.2) is 24.3 Å². The van der Waals surface area contributed by atoms with Crippen LogP contribution in [0.4, 0.5) is 0 Å². The van der Waals surface area contributed by atoms with Crippen LogP contribution >= 0.6 is 0 Å². The molecule has 0 bridgehead atoms.